The minimum Gasteiger partial charge on any atom is -0.301 e. The Hall–Kier alpha value is -0.680. The molecule has 0 saturated heterocycles. The van der Waals surface area contributed by atoms with Gasteiger partial charge in [0.05, 0.1) is 0 Å². The van der Waals surface area contributed by atoms with Crippen LogP contribution in [0.4, 0.5) is 5.13 Å². The predicted molar refractivity (Wildman–Crippen MR) is 62.5 cm³/mol. The summed E-state index contributed by atoms with van der Waals surface area (Å²) in [4.78, 5) is 11.2. The second-order valence-electron chi connectivity index (χ2n) is 3.09. The van der Waals surface area contributed by atoms with E-state index in [0.717, 1.165) is 24.3 Å². The Bertz CT molecular complexity index is 316. The van der Waals surface area contributed by atoms with Crippen molar-refractivity contribution in [2.45, 2.75) is 32.6 Å². The number of hydrogen-bond acceptors (Lipinski definition) is 4. The molecule has 1 amide bonds. The van der Waals surface area contributed by atoms with Gasteiger partial charge in [-0.2, -0.15) is 0 Å². The molecule has 1 N–H and O–H groups in total. The Kier molecular flexibility index (Phi) is 5.57. The molecule has 1 heterocycles. The first-order chi connectivity index (χ1) is 7.26. The Morgan fingerprint density at radius 2 is 2.33 bits per heavy atom. The normalized spacial score (nSPS) is 10.3. The lowest BCUT2D eigenvalue weighted by atomic mass is 10.3. The maximum absolute atomic E-state index is 11.2. The quantitative estimate of drug-likeness (QED) is 0.786. The minimum absolute atomic E-state index is 0.00227. The number of rotatable bonds is 6. The van der Waals surface area contributed by atoms with Crippen LogP contribution in [-0.4, -0.2) is 22.0 Å². The smallest absolute Gasteiger partial charge is 0.226 e. The highest BCUT2D eigenvalue weighted by molar-refractivity contribution is 7.15. The second-order valence-corrected chi connectivity index (χ2v) is 4.53. The number of halogens is 1. The van der Waals surface area contributed by atoms with Crippen LogP contribution in [0.15, 0.2) is 0 Å². The van der Waals surface area contributed by atoms with Gasteiger partial charge in [0, 0.05) is 18.7 Å². The van der Waals surface area contributed by atoms with E-state index in [0.29, 0.717) is 17.4 Å². The average molecular weight is 248 g/mol. The third-order valence-corrected chi connectivity index (χ3v) is 2.88. The standard InChI is InChI=1S/C9H14ClN3OS/c1-2-4-7(14)11-9-13-12-8(15-9)5-3-6-10/h2-6H2,1H3,(H,11,13,14). The van der Waals surface area contributed by atoms with Crippen molar-refractivity contribution in [3.05, 3.63) is 5.01 Å². The number of aryl methyl sites for hydroxylation is 1. The highest BCUT2D eigenvalue weighted by atomic mass is 35.5. The van der Waals surface area contributed by atoms with E-state index in [9.17, 15) is 4.79 Å². The summed E-state index contributed by atoms with van der Waals surface area (Å²) in [5, 5.41) is 12.1. The summed E-state index contributed by atoms with van der Waals surface area (Å²) in [5.74, 6) is 0.620. The topological polar surface area (TPSA) is 54.9 Å². The maximum atomic E-state index is 11.2. The number of carbonyl (C=O) groups excluding carboxylic acids is 1. The zero-order valence-corrected chi connectivity index (χ0v) is 10.2. The van der Waals surface area contributed by atoms with Gasteiger partial charge in [0.2, 0.25) is 11.0 Å². The summed E-state index contributed by atoms with van der Waals surface area (Å²) in [5.41, 5.74) is 0. The van der Waals surface area contributed by atoms with Crippen molar-refractivity contribution < 1.29 is 4.79 Å². The van der Waals surface area contributed by atoms with Crippen LogP contribution < -0.4 is 5.32 Å². The molecule has 1 aromatic rings. The number of hydrogen-bond donors (Lipinski definition) is 1. The number of nitrogens with one attached hydrogen (secondary N) is 1. The molecule has 1 rings (SSSR count). The van der Waals surface area contributed by atoms with Crippen LogP contribution in [0, 0.1) is 0 Å². The van der Waals surface area contributed by atoms with E-state index >= 15 is 0 Å². The van der Waals surface area contributed by atoms with Gasteiger partial charge in [-0.1, -0.05) is 18.3 Å². The Balaban J connectivity index is 2.42. The van der Waals surface area contributed by atoms with Gasteiger partial charge in [-0.15, -0.1) is 21.8 Å². The number of nitrogens with zero attached hydrogens (tertiary/aromatic N) is 2. The van der Waals surface area contributed by atoms with Crippen molar-refractivity contribution in [2.75, 3.05) is 11.2 Å². The molecular formula is C9H14ClN3OS. The molecule has 1 aromatic heterocycles. The summed E-state index contributed by atoms with van der Waals surface area (Å²) < 4.78 is 0. The summed E-state index contributed by atoms with van der Waals surface area (Å²) in [6.45, 7) is 1.96. The zero-order valence-electron chi connectivity index (χ0n) is 8.62. The van der Waals surface area contributed by atoms with Crippen LogP contribution in [0.1, 0.15) is 31.2 Å². The number of anilines is 1. The summed E-state index contributed by atoms with van der Waals surface area (Å²) in [7, 11) is 0. The van der Waals surface area contributed by atoms with E-state index in [-0.39, 0.29) is 5.91 Å². The third-order valence-electron chi connectivity index (χ3n) is 1.71. The van der Waals surface area contributed by atoms with Crippen molar-refractivity contribution in [2.24, 2.45) is 0 Å². The van der Waals surface area contributed by atoms with Crippen LogP contribution in [0.5, 0.6) is 0 Å². The first-order valence-electron chi connectivity index (χ1n) is 4.94. The molecule has 0 spiro atoms. The van der Waals surface area contributed by atoms with Gasteiger partial charge in [0.25, 0.3) is 0 Å². The molecule has 0 aliphatic rings. The molecule has 0 atom stereocenters. The molecule has 0 fully saturated rings. The van der Waals surface area contributed by atoms with Crippen molar-refractivity contribution in [3.8, 4) is 0 Å². The van der Waals surface area contributed by atoms with Crippen molar-refractivity contribution >= 4 is 34.0 Å². The Labute approximate surface area is 98.0 Å². The van der Waals surface area contributed by atoms with Crippen molar-refractivity contribution in [1.29, 1.82) is 0 Å². The second kappa shape index (κ2) is 6.74. The van der Waals surface area contributed by atoms with Crippen molar-refractivity contribution in [1.82, 2.24) is 10.2 Å². The first-order valence-corrected chi connectivity index (χ1v) is 6.29. The Morgan fingerprint density at radius 1 is 1.53 bits per heavy atom. The van der Waals surface area contributed by atoms with Gasteiger partial charge < -0.3 is 5.32 Å². The number of alkyl halides is 1. The SMILES string of the molecule is CCCC(=O)Nc1nnc(CCCCl)s1. The lowest BCUT2D eigenvalue weighted by Gasteiger charge is -1.96. The molecule has 6 heteroatoms. The van der Waals surface area contributed by atoms with Crippen LogP contribution in [0.2, 0.25) is 0 Å². The summed E-state index contributed by atoms with van der Waals surface area (Å²) in [6, 6.07) is 0. The molecule has 0 aliphatic carbocycles. The van der Waals surface area contributed by atoms with E-state index in [1.807, 2.05) is 6.92 Å². The fourth-order valence-electron chi connectivity index (χ4n) is 1.03. The molecule has 0 aliphatic heterocycles. The first kappa shape index (κ1) is 12.4. The van der Waals surface area contributed by atoms with Crippen molar-refractivity contribution in [3.63, 3.8) is 0 Å². The van der Waals surface area contributed by atoms with Gasteiger partial charge in [-0.05, 0) is 12.8 Å². The molecule has 84 valence electrons. The fourth-order valence-corrected chi connectivity index (χ4v) is 1.96. The van der Waals surface area contributed by atoms with Gasteiger partial charge in [0.1, 0.15) is 5.01 Å². The highest BCUT2D eigenvalue weighted by Gasteiger charge is 2.06. The van der Waals surface area contributed by atoms with Gasteiger partial charge in [-0.25, -0.2) is 0 Å². The van der Waals surface area contributed by atoms with E-state index in [1.54, 1.807) is 0 Å². The predicted octanol–water partition coefficient (Wildman–Crippen LogP) is 2.45. The number of amides is 1. The lowest BCUT2D eigenvalue weighted by Crippen LogP contribution is -2.10. The minimum atomic E-state index is -0.00227. The lowest BCUT2D eigenvalue weighted by molar-refractivity contribution is -0.116. The summed E-state index contributed by atoms with van der Waals surface area (Å²) in [6.07, 6.45) is 3.07. The van der Waals surface area contributed by atoms with E-state index in [4.69, 9.17) is 11.6 Å². The monoisotopic (exact) mass is 247 g/mol. The van der Waals surface area contributed by atoms with Gasteiger partial charge >= 0.3 is 0 Å². The zero-order chi connectivity index (χ0) is 11.1. The van der Waals surface area contributed by atoms with E-state index < -0.39 is 0 Å². The van der Waals surface area contributed by atoms with E-state index in [1.165, 1.54) is 11.3 Å². The van der Waals surface area contributed by atoms with Crippen LogP contribution >= 0.6 is 22.9 Å². The average Bonchev–Trinajstić information content (AvgIpc) is 2.63. The molecule has 0 unspecified atom stereocenters. The Morgan fingerprint density at radius 3 is 3.00 bits per heavy atom. The maximum Gasteiger partial charge on any atom is 0.226 e. The van der Waals surface area contributed by atoms with Gasteiger partial charge in [-0.3, -0.25) is 4.79 Å². The molecule has 4 nitrogen and oxygen atoms in total. The fraction of sp³-hybridized carbons (Fsp3) is 0.667. The largest absolute Gasteiger partial charge is 0.301 e. The number of aromatic nitrogens is 2. The van der Waals surface area contributed by atoms with Crippen LogP contribution in [-0.2, 0) is 11.2 Å². The van der Waals surface area contributed by atoms with E-state index in [2.05, 4.69) is 15.5 Å². The van der Waals surface area contributed by atoms with Gasteiger partial charge in [0.15, 0.2) is 0 Å². The molecule has 0 radical (unpaired) electrons. The van der Waals surface area contributed by atoms with Crippen LogP contribution in [0.3, 0.4) is 0 Å². The number of carbonyl (C=O) groups is 1. The third kappa shape index (κ3) is 4.57. The van der Waals surface area contributed by atoms with Crippen LogP contribution in [0.25, 0.3) is 0 Å². The molecule has 0 aromatic carbocycles. The molecule has 15 heavy (non-hydrogen) atoms. The molecule has 0 saturated carbocycles. The molecule has 0 bridgehead atoms. The highest BCUT2D eigenvalue weighted by Crippen LogP contribution is 2.16. The summed E-state index contributed by atoms with van der Waals surface area (Å²) >= 11 is 6.98. The molecular weight excluding hydrogens is 234 g/mol.